The van der Waals surface area contributed by atoms with Crippen molar-refractivity contribution >= 4 is 0 Å². The Hall–Kier alpha value is -0.120. The van der Waals surface area contributed by atoms with E-state index in [4.69, 9.17) is 9.47 Å². The van der Waals surface area contributed by atoms with Gasteiger partial charge in [0, 0.05) is 13.0 Å². The summed E-state index contributed by atoms with van der Waals surface area (Å²) in [6, 6.07) is 0. The molecule has 3 atom stereocenters. The summed E-state index contributed by atoms with van der Waals surface area (Å²) in [6.45, 7) is 3.11. The highest BCUT2D eigenvalue weighted by molar-refractivity contribution is 4.77. The molecule has 0 spiro atoms. The van der Waals surface area contributed by atoms with Crippen molar-refractivity contribution in [2.45, 2.75) is 19.1 Å². The largest absolute Gasteiger partial charge is 0.390 e. The molecule has 1 fully saturated rings. The molecule has 60 valence electrons. The molecule has 1 saturated heterocycles. The zero-order chi connectivity index (χ0) is 7.56. The fourth-order valence-electron chi connectivity index (χ4n) is 1.14. The van der Waals surface area contributed by atoms with E-state index in [9.17, 15) is 5.11 Å². The van der Waals surface area contributed by atoms with E-state index in [-0.39, 0.29) is 18.1 Å². The Morgan fingerprint density at radius 1 is 1.50 bits per heavy atom. The molecule has 10 heavy (non-hydrogen) atoms. The Morgan fingerprint density at radius 2 is 2.20 bits per heavy atom. The van der Waals surface area contributed by atoms with Gasteiger partial charge in [0.25, 0.3) is 0 Å². The van der Waals surface area contributed by atoms with Crippen LogP contribution in [0.3, 0.4) is 0 Å². The van der Waals surface area contributed by atoms with E-state index >= 15 is 0 Å². The van der Waals surface area contributed by atoms with Gasteiger partial charge in [-0.2, -0.15) is 0 Å². The van der Waals surface area contributed by atoms with E-state index in [1.54, 1.807) is 7.11 Å². The monoisotopic (exact) mass is 146 g/mol. The van der Waals surface area contributed by atoms with Crippen LogP contribution in [0.1, 0.15) is 6.92 Å². The van der Waals surface area contributed by atoms with Gasteiger partial charge in [-0.3, -0.25) is 0 Å². The molecule has 0 saturated carbocycles. The Bertz CT molecular complexity index is 105. The number of hydrogen-bond acceptors (Lipinski definition) is 3. The Labute approximate surface area is 60.9 Å². The second-order valence-electron chi connectivity index (χ2n) is 2.78. The molecule has 1 N–H and O–H groups in total. The van der Waals surface area contributed by atoms with Gasteiger partial charge < -0.3 is 14.6 Å². The minimum absolute atomic E-state index is 0.135. The molecule has 3 heteroatoms. The van der Waals surface area contributed by atoms with Crippen LogP contribution in [0.4, 0.5) is 0 Å². The van der Waals surface area contributed by atoms with E-state index in [0.717, 1.165) is 0 Å². The Morgan fingerprint density at radius 3 is 2.70 bits per heavy atom. The Kier molecular flexibility index (Phi) is 2.65. The van der Waals surface area contributed by atoms with Gasteiger partial charge in [0.05, 0.1) is 19.3 Å². The fourth-order valence-corrected chi connectivity index (χ4v) is 1.14. The number of rotatable bonds is 1. The number of aliphatic hydroxyl groups excluding tert-OH is 1. The SMILES string of the molecule is COC1COCC(C)C1O. The first-order chi connectivity index (χ1) is 4.75. The van der Waals surface area contributed by atoms with E-state index in [1.165, 1.54) is 0 Å². The first-order valence-electron chi connectivity index (χ1n) is 3.54. The first-order valence-corrected chi connectivity index (χ1v) is 3.54. The van der Waals surface area contributed by atoms with Crippen LogP contribution in [0.5, 0.6) is 0 Å². The highest BCUT2D eigenvalue weighted by Crippen LogP contribution is 2.15. The number of hydrogen-bond donors (Lipinski definition) is 1. The van der Waals surface area contributed by atoms with Crippen LogP contribution in [0.2, 0.25) is 0 Å². The van der Waals surface area contributed by atoms with Crippen molar-refractivity contribution in [1.29, 1.82) is 0 Å². The predicted molar refractivity (Wildman–Crippen MR) is 36.8 cm³/mol. The lowest BCUT2D eigenvalue weighted by atomic mass is 9.99. The lowest BCUT2D eigenvalue weighted by Crippen LogP contribution is -2.43. The summed E-state index contributed by atoms with van der Waals surface area (Å²) in [6.07, 6.45) is -0.498. The fraction of sp³-hybridized carbons (Fsp3) is 1.00. The molecule has 0 amide bonds. The molecule has 1 rings (SSSR count). The van der Waals surface area contributed by atoms with Crippen molar-refractivity contribution in [2.24, 2.45) is 5.92 Å². The van der Waals surface area contributed by atoms with Crippen LogP contribution >= 0.6 is 0 Å². The van der Waals surface area contributed by atoms with Crippen molar-refractivity contribution in [3.05, 3.63) is 0 Å². The molecule has 0 aromatic rings. The minimum atomic E-state index is -0.362. The van der Waals surface area contributed by atoms with Gasteiger partial charge in [0.1, 0.15) is 6.10 Å². The molecule has 3 nitrogen and oxygen atoms in total. The minimum Gasteiger partial charge on any atom is -0.390 e. The van der Waals surface area contributed by atoms with Crippen LogP contribution in [0.25, 0.3) is 0 Å². The van der Waals surface area contributed by atoms with Crippen molar-refractivity contribution in [2.75, 3.05) is 20.3 Å². The number of aliphatic hydroxyl groups is 1. The summed E-state index contributed by atoms with van der Waals surface area (Å²) in [7, 11) is 1.59. The molecule has 1 aliphatic rings. The van der Waals surface area contributed by atoms with Gasteiger partial charge in [-0.25, -0.2) is 0 Å². The summed E-state index contributed by atoms with van der Waals surface area (Å²) < 4.78 is 10.2. The summed E-state index contributed by atoms with van der Waals surface area (Å²) in [5, 5.41) is 9.43. The Balaban J connectivity index is 2.42. The lowest BCUT2D eigenvalue weighted by molar-refractivity contribution is -0.129. The highest BCUT2D eigenvalue weighted by atomic mass is 16.5. The molecule has 1 aliphatic heterocycles. The standard InChI is InChI=1S/C7H14O3/c1-5-3-10-4-6(9-2)7(5)8/h5-8H,3-4H2,1-2H3. The molecule has 0 bridgehead atoms. The van der Waals surface area contributed by atoms with E-state index < -0.39 is 0 Å². The summed E-state index contributed by atoms with van der Waals surface area (Å²) >= 11 is 0. The number of methoxy groups -OCH3 is 1. The lowest BCUT2D eigenvalue weighted by Gasteiger charge is -2.31. The third kappa shape index (κ3) is 1.48. The smallest absolute Gasteiger partial charge is 0.107 e. The molecule has 1 heterocycles. The molecular formula is C7H14O3. The molecular weight excluding hydrogens is 132 g/mol. The van der Waals surface area contributed by atoms with Crippen molar-refractivity contribution < 1.29 is 14.6 Å². The average molecular weight is 146 g/mol. The van der Waals surface area contributed by atoms with Crippen LogP contribution in [-0.4, -0.2) is 37.6 Å². The normalized spacial score (nSPS) is 41.7. The second-order valence-corrected chi connectivity index (χ2v) is 2.78. The van der Waals surface area contributed by atoms with E-state index in [0.29, 0.717) is 13.2 Å². The van der Waals surface area contributed by atoms with Crippen LogP contribution in [0.15, 0.2) is 0 Å². The molecule has 0 radical (unpaired) electrons. The maximum absolute atomic E-state index is 9.43. The predicted octanol–water partition coefficient (Wildman–Crippen LogP) is 0.0286. The van der Waals surface area contributed by atoms with Gasteiger partial charge >= 0.3 is 0 Å². The van der Waals surface area contributed by atoms with Crippen LogP contribution in [-0.2, 0) is 9.47 Å². The molecule has 0 aromatic carbocycles. The van der Waals surface area contributed by atoms with Crippen LogP contribution in [0, 0.1) is 5.92 Å². The van der Waals surface area contributed by atoms with Crippen molar-refractivity contribution in [3.63, 3.8) is 0 Å². The summed E-state index contributed by atoms with van der Waals surface area (Å²) in [5.41, 5.74) is 0. The van der Waals surface area contributed by atoms with Gasteiger partial charge in [0.2, 0.25) is 0 Å². The topological polar surface area (TPSA) is 38.7 Å². The third-order valence-electron chi connectivity index (χ3n) is 1.93. The molecule has 0 aliphatic carbocycles. The van der Waals surface area contributed by atoms with Gasteiger partial charge in [-0.15, -0.1) is 0 Å². The zero-order valence-corrected chi connectivity index (χ0v) is 6.41. The quantitative estimate of drug-likeness (QED) is 0.567. The maximum atomic E-state index is 9.43. The van der Waals surface area contributed by atoms with Crippen LogP contribution < -0.4 is 0 Å². The summed E-state index contributed by atoms with van der Waals surface area (Å²) in [5.74, 6) is 0.193. The maximum Gasteiger partial charge on any atom is 0.107 e. The van der Waals surface area contributed by atoms with E-state index in [2.05, 4.69) is 0 Å². The average Bonchev–Trinajstić information content (AvgIpc) is 1.95. The van der Waals surface area contributed by atoms with Crippen molar-refractivity contribution in [3.8, 4) is 0 Å². The first kappa shape index (κ1) is 7.98. The molecule has 0 aromatic heterocycles. The summed E-state index contributed by atoms with van der Waals surface area (Å²) in [4.78, 5) is 0. The zero-order valence-electron chi connectivity index (χ0n) is 6.41. The van der Waals surface area contributed by atoms with Gasteiger partial charge in [-0.05, 0) is 0 Å². The number of ether oxygens (including phenoxy) is 2. The third-order valence-corrected chi connectivity index (χ3v) is 1.93. The van der Waals surface area contributed by atoms with Gasteiger partial charge in [0.15, 0.2) is 0 Å². The highest BCUT2D eigenvalue weighted by Gasteiger charge is 2.29. The second kappa shape index (κ2) is 3.32. The van der Waals surface area contributed by atoms with E-state index in [1.807, 2.05) is 6.92 Å². The van der Waals surface area contributed by atoms with Gasteiger partial charge in [-0.1, -0.05) is 6.92 Å². The molecule has 3 unspecified atom stereocenters. The van der Waals surface area contributed by atoms with Crippen molar-refractivity contribution in [1.82, 2.24) is 0 Å².